The Balaban J connectivity index is 1.28. The smallest absolute Gasteiger partial charge is 0.262 e. The molecule has 10 heteroatoms. The van der Waals surface area contributed by atoms with Gasteiger partial charge in [-0.05, 0) is 48.9 Å². The first-order valence-corrected chi connectivity index (χ1v) is 12.6. The highest BCUT2D eigenvalue weighted by atomic mass is 32.2. The highest BCUT2D eigenvalue weighted by molar-refractivity contribution is 7.92. The Labute approximate surface area is 204 Å². The van der Waals surface area contributed by atoms with E-state index in [1.54, 1.807) is 36.4 Å². The van der Waals surface area contributed by atoms with Gasteiger partial charge < -0.3 is 19.9 Å². The Morgan fingerprint density at radius 3 is 2.71 bits per heavy atom. The average molecular weight is 497 g/mol. The lowest BCUT2D eigenvalue weighted by Gasteiger charge is -2.15. The summed E-state index contributed by atoms with van der Waals surface area (Å²) in [7, 11) is -2.32. The minimum absolute atomic E-state index is 0.0889. The summed E-state index contributed by atoms with van der Waals surface area (Å²) in [6.07, 6.45) is -0.820. The molecule has 4 N–H and O–H groups in total. The molecule has 0 aliphatic carbocycles. The first-order valence-electron chi connectivity index (χ1n) is 11.1. The van der Waals surface area contributed by atoms with E-state index in [-0.39, 0.29) is 11.4 Å². The van der Waals surface area contributed by atoms with Gasteiger partial charge in [0.05, 0.1) is 23.6 Å². The normalized spacial score (nSPS) is 12.4. The summed E-state index contributed by atoms with van der Waals surface area (Å²) in [6.45, 7) is 3.20. The number of fused-ring (bicyclic) bond motifs is 1. The third kappa shape index (κ3) is 6.10. The van der Waals surface area contributed by atoms with Crippen molar-refractivity contribution in [3.63, 3.8) is 0 Å². The molecule has 0 saturated carbocycles. The van der Waals surface area contributed by atoms with Crippen LogP contribution in [0.5, 0.6) is 11.5 Å². The largest absolute Gasteiger partial charge is 0.497 e. The Morgan fingerprint density at radius 1 is 1.06 bits per heavy atom. The van der Waals surface area contributed by atoms with Crippen molar-refractivity contribution >= 4 is 26.6 Å². The van der Waals surface area contributed by atoms with Crippen LogP contribution in [0.4, 0.5) is 5.69 Å². The molecule has 0 aliphatic heterocycles. The van der Waals surface area contributed by atoms with Crippen molar-refractivity contribution < 1.29 is 23.0 Å². The molecule has 0 amide bonds. The van der Waals surface area contributed by atoms with Crippen LogP contribution in [0.15, 0.2) is 71.6 Å². The zero-order valence-electron chi connectivity index (χ0n) is 19.5. The molecule has 1 aromatic heterocycles. The summed E-state index contributed by atoms with van der Waals surface area (Å²) in [5, 5.41) is 22.0. The zero-order valence-corrected chi connectivity index (χ0v) is 20.3. The molecule has 0 aliphatic rings. The predicted molar refractivity (Wildman–Crippen MR) is 134 cm³/mol. The van der Waals surface area contributed by atoms with Gasteiger partial charge in [0, 0.05) is 42.0 Å². The van der Waals surface area contributed by atoms with Crippen LogP contribution in [0.3, 0.4) is 0 Å². The van der Waals surface area contributed by atoms with Crippen molar-refractivity contribution in [1.82, 2.24) is 15.5 Å². The summed E-state index contributed by atoms with van der Waals surface area (Å²) in [6, 6.07) is 18.6. The van der Waals surface area contributed by atoms with E-state index in [0.717, 1.165) is 22.3 Å². The van der Waals surface area contributed by atoms with Gasteiger partial charge in [-0.25, -0.2) is 8.42 Å². The minimum atomic E-state index is -3.80. The van der Waals surface area contributed by atoms with E-state index in [2.05, 4.69) is 20.2 Å². The SMILES string of the molecule is COc1cccc(S(=O)(=O)Nc2cccc([C@@H](O)CNCCOc3ccc4c(C)[nH]nc4c3)c2)c1. The molecule has 0 unspecified atom stereocenters. The number of H-pyrrole nitrogens is 1. The second-order valence-corrected chi connectivity index (χ2v) is 9.69. The number of aromatic nitrogens is 2. The summed E-state index contributed by atoms with van der Waals surface area (Å²) < 4.78 is 38.9. The molecule has 1 heterocycles. The number of nitrogens with zero attached hydrogens (tertiary/aromatic N) is 1. The van der Waals surface area contributed by atoms with Crippen LogP contribution < -0.4 is 19.5 Å². The number of sulfonamides is 1. The summed E-state index contributed by atoms with van der Waals surface area (Å²) in [5.41, 5.74) is 2.81. The lowest BCUT2D eigenvalue weighted by Crippen LogP contribution is -2.26. The first kappa shape index (κ1) is 24.5. The number of nitrogens with one attached hydrogen (secondary N) is 3. The monoisotopic (exact) mass is 496 g/mol. The molecule has 4 aromatic rings. The molecule has 184 valence electrons. The van der Waals surface area contributed by atoms with Crippen LogP contribution in [0.2, 0.25) is 0 Å². The van der Waals surface area contributed by atoms with Crippen molar-refractivity contribution in [2.24, 2.45) is 0 Å². The number of hydrogen-bond donors (Lipinski definition) is 4. The molecule has 9 nitrogen and oxygen atoms in total. The number of benzene rings is 3. The zero-order chi connectivity index (χ0) is 24.8. The van der Waals surface area contributed by atoms with Gasteiger partial charge in [0.25, 0.3) is 10.0 Å². The van der Waals surface area contributed by atoms with Crippen LogP contribution in [-0.2, 0) is 10.0 Å². The third-order valence-corrected chi connectivity index (χ3v) is 6.86. The van der Waals surface area contributed by atoms with E-state index in [1.807, 2.05) is 25.1 Å². The summed E-state index contributed by atoms with van der Waals surface area (Å²) in [5.74, 6) is 1.17. The van der Waals surface area contributed by atoms with Crippen LogP contribution in [-0.4, -0.2) is 50.5 Å². The fourth-order valence-corrected chi connectivity index (χ4v) is 4.69. The molecular weight excluding hydrogens is 468 g/mol. The van der Waals surface area contributed by atoms with Gasteiger partial charge in [-0.1, -0.05) is 18.2 Å². The van der Waals surface area contributed by atoms with Gasteiger partial charge in [-0.3, -0.25) is 9.82 Å². The number of aliphatic hydroxyl groups is 1. The highest BCUT2D eigenvalue weighted by Gasteiger charge is 2.16. The van der Waals surface area contributed by atoms with Crippen LogP contribution in [0, 0.1) is 6.92 Å². The maximum atomic E-state index is 12.7. The maximum absolute atomic E-state index is 12.7. The first-order chi connectivity index (χ1) is 16.9. The fourth-order valence-electron chi connectivity index (χ4n) is 3.60. The van der Waals surface area contributed by atoms with E-state index >= 15 is 0 Å². The van der Waals surface area contributed by atoms with Crippen LogP contribution in [0.25, 0.3) is 10.9 Å². The Kier molecular flexibility index (Phi) is 7.54. The fraction of sp³-hybridized carbons (Fsp3) is 0.240. The number of methoxy groups -OCH3 is 1. The Hall–Kier alpha value is -3.60. The average Bonchev–Trinajstić information content (AvgIpc) is 3.23. The van der Waals surface area contributed by atoms with E-state index in [1.165, 1.54) is 19.2 Å². The number of ether oxygens (including phenoxy) is 2. The molecule has 0 spiro atoms. The highest BCUT2D eigenvalue weighted by Crippen LogP contribution is 2.23. The van der Waals surface area contributed by atoms with E-state index < -0.39 is 16.1 Å². The van der Waals surface area contributed by atoms with Gasteiger partial charge in [-0.2, -0.15) is 5.10 Å². The number of aromatic amines is 1. The van der Waals surface area contributed by atoms with Crippen LogP contribution in [0.1, 0.15) is 17.4 Å². The minimum Gasteiger partial charge on any atom is -0.497 e. The van der Waals surface area contributed by atoms with E-state index in [4.69, 9.17) is 9.47 Å². The molecular formula is C25H28N4O5S. The van der Waals surface area contributed by atoms with Gasteiger partial charge in [-0.15, -0.1) is 0 Å². The maximum Gasteiger partial charge on any atom is 0.262 e. The van der Waals surface area contributed by atoms with E-state index in [9.17, 15) is 13.5 Å². The molecule has 4 rings (SSSR count). The number of aliphatic hydroxyl groups excluding tert-OH is 1. The number of anilines is 1. The van der Waals surface area contributed by atoms with Gasteiger partial charge in [0.2, 0.25) is 0 Å². The quantitative estimate of drug-likeness (QED) is 0.235. The topological polar surface area (TPSA) is 126 Å². The lowest BCUT2D eigenvalue weighted by atomic mass is 10.1. The van der Waals surface area contributed by atoms with Gasteiger partial charge in [0.15, 0.2) is 0 Å². The van der Waals surface area contributed by atoms with Crippen molar-refractivity contribution in [2.75, 3.05) is 31.5 Å². The van der Waals surface area contributed by atoms with Gasteiger partial charge in [0.1, 0.15) is 18.1 Å². The van der Waals surface area contributed by atoms with Crippen molar-refractivity contribution in [1.29, 1.82) is 0 Å². The van der Waals surface area contributed by atoms with Crippen molar-refractivity contribution in [2.45, 2.75) is 17.9 Å². The molecule has 0 fully saturated rings. The molecule has 0 saturated heterocycles. The molecule has 0 radical (unpaired) electrons. The predicted octanol–water partition coefficient (Wildman–Crippen LogP) is 3.38. The number of hydrogen-bond acceptors (Lipinski definition) is 7. The third-order valence-electron chi connectivity index (χ3n) is 5.48. The lowest BCUT2D eigenvalue weighted by molar-refractivity contribution is 0.172. The number of aryl methyl sites for hydroxylation is 1. The molecule has 0 bridgehead atoms. The molecule has 35 heavy (non-hydrogen) atoms. The Morgan fingerprint density at radius 2 is 1.89 bits per heavy atom. The molecule has 3 aromatic carbocycles. The standard InChI is InChI=1S/C25H28N4O5S/c1-17-23-10-9-21(15-24(23)28-27-17)34-12-11-26-16-25(30)18-5-3-6-19(13-18)29-35(31,32)22-8-4-7-20(14-22)33-2/h3-10,13-15,25-26,29-30H,11-12,16H2,1-2H3,(H,27,28)/t25-/m0/s1. The molecule has 1 atom stereocenters. The number of rotatable bonds is 11. The van der Waals surface area contributed by atoms with Crippen LogP contribution >= 0.6 is 0 Å². The summed E-state index contributed by atoms with van der Waals surface area (Å²) >= 11 is 0. The second-order valence-electron chi connectivity index (χ2n) is 8.01. The van der Waals surface area contributed by atoms with Crippen molar-refractivity contribution in [3.8, 4) is 11.5 Å². The Bertz CT molecular complexity index is 1400. The van der Waals surface area contributed by atoms with Gasteiger partial charge >= 0.3 is 0 Å². The van der Waals surface area contributed by atoms with E-state index in [0.29, 0.717) is 30.2 Å². The summed E-state index contributed by atoms with van der Waals surface area (Å²) in [4.78, 5) is 0.0889. The van der Waals surface area contributed by atoms with Crippen molar-refractivity contribution in [3.05, 3.63) is 78.0 Å². The second kappa shape index (κ2) is 10.8.